The number of carbonyl (C=O) groups is 1. The Morgan fingerprint density at radius 1 is 1.30 bits per heavy atom. The molecule has 4 unspecified atom stereocenters. The topological polar surface area (TPSA) is 120 Å². The van der Waals surface area contributed by atoms with Gasteiger partial charge in [0.15, 0.2) is 0 Å². The molecule has 0 aromatic rings. The number of nitrogens with one attached hydrogen (secondary N) is 2. The molecule has 0 bridgehead atoms. The molecule has 0 aromatic carbocycles. The third kappa shape index (κ3) is 4.40. The molecule has 10 heteroatoms. The standard InChI is InChI=1S/C17H29ClN2O6S/c1-7(18)9(15-12(22)11(21)13(23)17(26-15)27-2)20-16(24)10-14-8(6-19-10)4-3-5-25-14/h7-15,17,19,21-23H,3-6H2,1-2H3,(H,20,24)/t7?,8-,9+,10-,11?,12?,13+,14+,15+,17?/m0/s1. The second-order valence-corrected chi connectivity index (χ2v) is 9.14. The minimum Gasteiger partial charge on any atom is -0.388 e. The number of ether oxygens (including phenoxy) is 2. The SMILES string of the molecule is CSC1O[C@H]([C@H](NC(=O)[C@H]2NC[C@@H]3CCCO[C@H]32)C(C)Cl)C(O)C(O)[C@H]1O. The molecule has 5 N–H and O–H groups in total. The van der Waals surface area contributed by atoms with Crippen molar-refractivity contribution in [2.24, 2.45) is 5.92 Å². The normalized spacial score (nSPS) is 44.4. The van der Waals surface area contributed by atoms with Crippen molar-refractivity contribution in [3.8, 4) is 0 Å². The van der Waals surface area contributed by atoms with E-state index in [0.29, 0.717) is 12.5 Å². The quantitative estimate of drug-likeness (QED) is 0.358. The fraction of sp³-hybridized carbons (Fsp3) is 0.941. The van der Waals surface area contributed by atoms with E-state index in [1.54, 1.807) is 13.2 Å². The van der Waals surface area contributed by atoms with Crippen LogP contribution < -0.4 is 10.6 Å². The zero-order chi connectivity index (χ0) is 19.7. The summed E-state index contributed by atoms with van der Waals surface area (Å²) in [4.78, 5) is 12.9. The van der Waals surface area contributed by atoms with Crippen LogP contribution >= 0.6 is 23.4 Å². The summed E-state index contributed by atoms with van der Waals surface area (Å²) in [6.07, 6.45) is -1.33. The second kappa shape index (κ2) is 9.13. The summed E-state index contributed by atoms with van der Waals surface area (Å²) >= 11 is 7.52. The Bertz CT molecular complexity index is 528. The highest BCUT2D eigenvalue weighted by atomic mass is 35.5. The molecule has 0 aliphatic carbocycles. The van der Waals surface area contributed by atoms with Crippen LogP contribution in [0.2, 0.25) is 0 Å². The first-order valence-corrected chi connectivity index (χ1v) is 11.1. The first kappa shape index (κ1) is 21.6. The molecule has 3 fully saturated rings. The third-order valence-electron chi connectivity index (χ3n) is 5.70. The maximum absolute atomic E-state index is 12.9. The minimum absolute atomic E-state index is 0.173. The average molecular weight is 425 g/mol. The van der Waals surface area contributed by atoms with Crippen molar-refractivity contribution in [2.75, 3.05) is 19.4 Å². The van der Waals surface area contributed by atoms with E-state index in [2.05, 4.69) is 10.6 Å². The summed E-state index contributed by atoms with van der Waals surface area (Å²) in [5.41, 5.74) is -0.723. The number of thioether (sulfide) groups is 1. The van der Waals surface area contributed by atoms with Crippen LogP contribution in [0.25, 0.3) is 0 Å². The molecule has 0 radical (unpaired) electrons. The van der Waals surface area contributed by atoms with Crippen LogP contribution in [0.15, 0.2) is 0 Å². The molecule has 1 amide bonds. The second-order valence-electron chi connectivity index (χ2n) is 7.51. The van der Waals surface area contributed by atoms with Crippen molar-refractivity contribution in [1.29, 1.82) is 0 Å². The van der Waals surface area contributed by atoms with Crippen LogP contribution in [0, 0.1) is 5.92 Å². The average Bonchev–Trinajstić information content (AvgIpc) is 3.09. The molecule has 3 aliphatic heterocycles. The van der Waals surface area contributed by atoms with Gasteiger partial charge in [-0.2, -0.15) is 0 Å². The molecule has 156 valence electrons. The van der Waals surface area contributed by atoms with E-state index in [1.165, 1.54) is 11.8 Å². The molecule has 0 aromatic heterocycles. The number of fused-ring (bicyclic) bond motifs is 1. The summed E-state index contributed by atoms with van der Waals surface area (Å²) in [6, 6.07) is -1.23. The van der Waals surface area contributed by atoms with Crippen LogP contribution in [0.3, 0.4) is 0 Å². The molecular weight excluding hydrogens is 396 g/mol. The zero-order valence-corrected chi connectivity index (χ0v) is 17.0. The Hall–Kier alpha value is -0.130. The van der Waals surface area contributed by atoms with Crippen LogP contribution in [-0.2, 0) is 14.3 Å². The predicted octanol–water partition coefficient (Wildman–Crippen LogP) is -0.964. The van der Waals surface area contributed by atoms with E-state index in [9.17, 15) is 20.1 Å². The number of alkyl halides is 1. The van der Waals surface area contributed by atoms with Gasteiger partial charge in [-0.1, -0.05) is 0 Å². The van der Waals surface area contributed by atoms with E-state index in [4.69, 9.17) is 21.1 Å². The Morgan fingerprint density at radius 3 is 2.70 bits per heavy atom. The molecule has 0 saturated carbocycles. The van der Waals surface area contributed by atoms with Gasteiger partial charge in [-0.3, -0.25) is 4.79 Å². The summed E-state index contributed by atoms with van der Waals surface area (Å²) in [6.45, 7) is 3.06. The molecule has 8 nitrogen and oxygen atoms in total. The Kier molecular flexibility index (Phi) is 7.29. The predicted molar refractivity (Wildman–Crippen MR) is 102 cm³/mol. The lowest BCUT2D eigenvalue weighted by molar-refractivity contribution is -0.205. The van der Waals surface area contributed by atoms with Crippen LogP contribution in [0.5, 0.6) is 0 Å². The van der Waals surface area contributed by atoms with Crippen molar-refractivity contribution in [1.82, 2.24) is 10.6 Å². The number of aliphatic hydroxyl groups is 3. The minimum atomic E-state index is -1.38. The van der Waals surface area contributed by atoms with Crippen molar-refractivity contribution >= 4 is 29.3 Å². The number of hydrogen-bond acceptors (Lipinski definition) is 8. The maximum atomic E-state index is 12.9. The number of rotatable bonds is 5. The lowest BCUT2D eigenvalue weighted by Gasteiger charge is -2.44. The molecule has 0 spiro atoms. The van der Waals surface area contributed by atoms with Crippen molar-refractivity contribution < 1.29 is 29.6 Å². The van der Waals surface area contributed by atoms with Crippen LogP contribution in [-0.4, -0.2) is 94.1 Å². The van der Waals surface area contributed by atoms with Gasteiger partial charge in [0.05, 0.1) is 17.5 Å². The Labute approximate surface area is 168 Å². The van der Waals surface area contributed by atoms with Gasteiger partial charge in [0.2, 0.25) is 5.91 Å². The highest BCUT2D eigenvalue weighted by molar-refractivity contribution is 7.99. The van der Waals surface area contributed by atoms with Gasteiger partial charge in [-0.15, -0.1) is 23.4 Å². The largest absolute Gasteiger partial charge is 0.388 e. The molecule has 10 atom stereocenters. The molecular formula is C17H29ClN2O6S. The summed E-state index contributed by atoms with van der Waals surface area (Å²) in [7, 11) is 0. The van der Waals surface area contributed by atoms with Gasteiger partial charge in [0, 0.05) is 13.2 Å². The molecule has 3 aliphatic rings. The Balaban J connectivity index is 1.71. The van der Waals surface area contributed by atoms with E-state index >= 15 is 0 Å². The summed E-state index contributed by atoms with van der Waals surface area (Å²) in [5, 5.41) is 36.1. The number of hydrogen-bond donors (Lipinski definition) is 5. The maximum Gasteiger partial charge on any atom is 0.240 e. The van der Waals surface area contributed by atoms with E-state index in [0.717, 1.165) is 19.4 Å². The van der Waals surface area contributed by atoms with E-state index < -0.39 is 47.3 Å². The van der Waals surface area contributed by atoms with Crippen LogP contribution in [0.4, 0.5) is 0 Å². The van der Waals surface area contributed by atoms with Gasteiger partial charge >= 0.3 is 0 Å². The lowest BCUT2D eigenvalue weighted by Crippen LogP contribution is -2.65. The highest BCUT2D eigenvalue weighted by Crippen LogP contribution is 2.31. The first-order valence-electron chi connectivity index (χ1n) is 9.37. The summed E-state index contributed by atoms with van der Waals surface area (Å²) in [5.74, 6) is 0.0507. The van der Waals surface area contributed by atoms with Gasteiger partial charge < -0.3 is 35.4 Å². The lowest BCUT2D eigenvalue weighted by atomic mass is 9.91. The number of amides is 1. The van der Waals surface area contributed by atoms with Crippen LogP contribution in [0.1, 0.15) is 19.8 Å². The fourth-order valence-corrected chi connectivity index (χ4v) is 5.05. The number of aliphatic hydroxyl groups excluding tert-OH is 3. The monoisotopic (exact) mass is 424 g/mol. The smallest absolute Gasteiger partial charge is 0.240 e. The zero-order valence-electron chi connectivity index (χ0n) is 15.5. The number of carbonyl (C=O) groups excluding carboxylic acids is 1. The molecule has 3 heterocycles. The molecule has 3 saturated heterocycles. The van der Waals surface area contributed by atoms with E-state index in [1.807, 2.05) is 0 Å². The van der Waals surface area contributed by atoms with Crippen molar-refractivity contribution in [3.05, 3.63) is 0 Å². The van der Waals surface area contributed by atoms with Gasteiger partial charge in [0.25, 0.3) is 0 Å². The van der Waals surface area contributed by atoms with Crippen molar-refractivity contribution in [2.45, 2.75) is 73.2 Å². The first-order chi connectivity index (χ1) is 12.8. The molecule has 3 rings (SSSR count). The molecule has 27 heavy (non-hydrogen) atoms. The van der Waals surface area contributed by atoms with Gasteiger partial charge in [0.1, 0.15) is 35.9 Å². The third-order valence-corrected chi connectivity index (χ3v) is 6.83. The van der Waals surface area contributed by atoms with E-state index in [-0.39, 0.29) is 12.0 Å². The summed E-state index contributed by atoms with van der Waals surface area (Å²) < 4.78 is 11.6. The van der Waals surface area contributed by atoms with Crippen molar-refractivity contribution in [3.63, 3.8) is 0 Å². The fourth-order valence-electron chi connectivity index (χ4n) is 4.17. The highest BCUT2D eigenvalue weighted by Gasteiger charge is 2.49. The van der Waals surface area contributed by atoms with Gasteiger partial charge in [-0.25, -0.2) is 0 Å². The number of halogens is 1. The van der Waals surface area contributed by atoms with Gasteiger partial charge in [-0.05, 0) is 31.9 Å². The Morgan fingerprint density at radius 2 is 2.04 bits per heavy atom.